The van der Waals surface area contributed by atoms with Gasteiger partial charge in [0.25, 0.3) is 5.89 Å². The fraction of sp³-hybridized carbons (Fsp3) is 0.667. The first-order valence-electron chi connectivity index (χ1n) is 6.41. The van der Waals surface area contributed by atoms with Gasteiger partial charge in [0.2, 0.25) is 12.2 Å². The van der Waals surface area contributed by atoms with Crippen molar-refractivity contribution in [2.75, 3.05) is 13.2 Å². The van der Waals surface area contributed by atoms with Gasteiger partial charge < -0.3 is 14.6 Å². The van der Waals surface area contributed by atoms with Gasteiger partial charge in [-0.3, -0.25) is 9.59 Å². The molecule has 1 aromatic rings. The van der Waals surface area contributed by atoms with E-state index in [0.29, 0.717) is 31.9 Å². The summed E-state index contributed by atoms with van der Waals surface area (Å²) in [6.45, 7) is 3.15. The lowest BCUT2D eigenvalue weighted by Crippen LogP contribution is -2.35. The minimum Gasteiger partial charge on any atom is -0.381 e. The van der Waals surface area contributed by atoms with E-state index >= 15 is 0 Å². The Balaban J connectivity index is 2.06. The highest BCUT2D eigenvalue weighted by molar-refractivity contribution is 5.97. The summed E-state index contributed by atoms with van der Waals surface area (Å²) < 4.78 is 10.3. The molecule has 19 heavy (non-hydrogen) atoms. The van der Waals surface area contributed by atoms with Crippen molar-refractivity contribution in [2.45, 2.75) is 38.1 Å². The van der Waals surface area contributed by atoms with Crippen LogP contribution in [0.25, 0.3) is 0 Å². The van der Waals surface area contributed by atoms with Crippen LogP contribution < -0.4 is 5.32 Å². The topological polar surface area (TPSA) is 94.3 Å². The molecule has 1 saturated heterocycles. The SMILES string of the molecule is CCC(NC=O)C(=O)c1nc(C2CCOCC2)no1. The van der Waals surface area contributed by atoms with E-state index in [0.717, 1.165) is 12.8 Å². The fourth-order valence-corrected chi connectivity index (χ4v) is 2.07. The lowest BCUT2D eigenvalue weighted by Gasteiger charge is -2.18. The van der Waals surface area contributed by atoms with Crippen LogP contribution >= 0.6 is 0 Å². The molecule has 0 aliphatic carbocycles. The molecule has 1 aromatic heterocycles. The van der Waals surface area contributed by atoms with Gasteiger partial charge in [0, 0.05) is 19.1 Å². The van der Waals surface area contributed by atoms with Gasteiger partial charge in [-0.2, -0.15) is 4.98 Å². The maximum Gasteiger partial charge on any atom is 0.296 e. The van der Waals surface area contributed by atoms with Crippen molar-refractivity contribution >= 4 is 12.2 Å². The maximum atomic E-state index is 12.0. The standard InChI is InChI=1S/C12H17N3O4/c1-2-9(13-7-16)10(17)12-14-11(15-19-12)8-3-5-18-6-4-8/h7-9H,2-6H2,1H3,(H,13,16). The Bertz CT molecular complexity index is 440. The number of ketones is 1. The highest BCUT2D eigenvalue weighted by Gasteiger charge is 2.27. The molecule has 0 radical (unpaired) electrons. The first kappa shape index (κ1) is 13.7. The highest BCUT2D eigenvalue weighted by atomic mass is 16.5. The summed E-state index contributed by atoms with van der Waals surface area (Å²) in [5.41, 5.74) is 0. The number of carbonyl (C=O) groups excluding carboxylic acids is 2. The molecule has 0 bridgehead atoms. The molecule has 0 spiro atoms. The molecule has 1 fully saturated rings. The van der Waals surface area contributed by atoms with Gasteiger partial charge >= 0.3 is 0 Å². The van der Waals surface area contributed by atoms with Crippen molar-refractivity contribution in [1.82, 2.24) is 15.5 Å². The van der Waals surface area contributed by atoms with E-state index in [-0.39, 0.29) is 17.6 Å². The zero-order valence-electron chi connectivity index (χ0n) is 10.8. The molecule has 0 saturated carbocycles. The van der Waals surface area contributed by atoms with Crippen molar-refractivity contribution in [1.29, 1.82) is 0 Å². The van der Waals surface area contributed by atoms with Crippen LogP contribution in [0.1, 0.15) is 48.6 Å². The van der Waals surface area contributed by atoms with E-state index < -0.39 is 6.04 Å². The van der Waals surface area contributed by atoms with Gasteiger partial charge in [0.1, 0.15) is 0 Å². The van der Waals surface area contributed by atoms with Crippen LogP contribution in [-0.4, -0.2) is 41.6 Å². The van der Waals surface area contributed by atoms with Crippen molar-refractivity contribution in [3.63, 3.8) is 0 Å². The van der Waals surface area contributed by atoms with E-state index in [1.165, 1.54) is 0 Å². The largest absolute Gasteiger partial charge is 0.381 e. The molecule has 1 amide bonds. The summed E-state index contributed by atoms with van der Waals surface area (Å²) in [6.07, 6.45) is 2.64. The molecule has 1 atom stereocenters. The summed E-state index contributed by atoms with van der Waals surface area (Å²) in [5, 5.41) is 6.30. The third-order valence-corrected chi connectivity index (χ3v) is 3.23. The number of aromatic nitrogens is 2. The minimum absolute atomic E-state index is 0.0392. The van der Waals surface area contributed by atoms with Crippen LogP contribution in [0, 0.1) is 0 Å². The molecular formula is C12H17N3O4. The molecule has 1 unspecified atom stereocenters. The molecule has 0 aromatic carbocycles. The smallest absolute Gasteiger partial charge is 0.296 e. The van der Waals surface area contributed by atoms with Gasteiger partial charge in [0.05, 0.1) is 6.04 Å². The van der Waals surface area contributed by atoms with Crippen molar-refractivity contribution in [3.8, 4) is 0 Å². The van der Waals surface area contributed by atoms with Crippen LogP contribution in [-0.2, 0) is 9.53 Å². The number of Topliss-reactive ketones (excluding diaryl/α,β-unsaturated/α-hetero) is 1. The van der Waals surface area contributed by atoms with Crippen LogP contribution in [0.15, 0.2) is 4.52 Å². The summed E-state index contributed by atoms with van der Waals surface area (Å²) >= 11 is 0. The van der Waals surface area contributed by atoms with E-state index in [2.05, 4.69) is 15.5 Å². The van der Waals surface area contributed by atoms with Gasteiger partial charge in [-0.25, -0.2) is 0 Å². The Morgan fingerprint density at radius 3 is 2.89 bits per heavy atom. The molecule has 1 N–H and O–H groups in total. The second-order valence-electron chi connectivity index (χ2n) is 4.45. The summed E-state index contributed by atoms with van der Waals surface area (Å²) in [5.74, 6) is 0.342. The van der Waals surface area contributed by atoms with Gasteiger partial charge in [-0.1, -0.05) is 12.1 Å². The number of rotatable bonds is 6. The van der Waals surface area contributed by atoms with Crippen LogP contribution in [0.4, 0.5) is 0 Å². The molecule has 2 rings (SSSR count). The maximum absolute atomic E-state index is 12.0. The molecule has 7 nitrogen and oxygen atoms in total. The number of ether oxygens (including phenoxy) is 1. The first-order chi connectivity index (χ1) is 9.26. The predicted octanol–water partition coefficient (Wildman–Crippen LogP) is 0.671. The number of hydrogen-bond acceptors (Lipinski definition) is 6. The number of hydrogen-bond donors (Lipinski definition) is 1. The van der Waals surface area contributed by atoms with E-state index in [4.69, 9.17) is 9.26 Å². The lowest BCUT2D eigenvalue weighted by molar-refractivity contribution is -0.110. The van der Waals surface area contributed by atoms with Gasteiger partial charge in [0.15, 0.2) is 5.82 Å². The highest BCUT2D eigenvalue weighted by Crippen LogP contribution is 2.24. The second-order valence-corrected chi connectivity index (χ2v) is 4.45. The normalized spacial score (nSPS) is 17.9. The van der Waals surface area contributed by atoms with Crippen molar-refractivity contribution < 1.29 is 18.8 Å². The van der Waals surface area contributed by atoms with Gasteiger partial charge in [-0.05, 0) is 19.3 Å². The number of carbonyl (C=O) groups is 2. The quantitative estimate of drug-likeness (QED) is 0.601. The van der Waals surface area contributed by atoms with Crippen LogP contribution in [0.2, 0.25) is 0 Å². The lowest BCUT2D eigenvalue weighted by atomic mass is 10.00. The Kier molecular flexibility index (Phi) is 4.62. The zero-order chi connectivity index (χ0) is 13.7. The average Bonchev–Trinajstić information content (AvgIpc) is 2.95. The van der Waals surface area contributed by atoms with Crippen molar-refractivity contribution in [2.24, 2.45) is 0 Å². The Hall–Kier alpha value is -1.76. The molecule has 2 heterocycles. The van der Waals surface area contributed by atoms with Crippen LogP contribution in [0.3, 0.4) is 0 Å². The molecule has 104 valence electrons. The Morgan fingerprint density at radius 1 is 1.53 bits per heavy atom. The minimum atomic E-state index is -0.611. The average molecular weight is 267 g/mol. The molecular weight excluding hydrogens is 250 g/mol. The monoisotopic (exact) mass is 267 g/mol. The zero-order valence-corrected chi connectivity index (χ0v) is 10.8. The van der Waals surface area contributed by atoms with Crippen LogP contribution in [0.5, 0.6) is 0 Å². The van der Waals surface area contributed by atoms with E-state index in [9.17, 15) is 9.59 Å². The summed E-state index contributed by atoms with van der Waals surface area (Å²) in [4.78, 5) is 26.6. The Morgan fingerprint density at radius 2 is 2.26 bits per heavy atom. The third kappa shape index (κ3) is 3.17. The molecule has 1 aliphatic rings. The third-order valence-electron chi connectivity index (χ3n) is 3.23. The van der Waals surface area contributed by atoms with Crippen molar-refractivity contribution in [3.05, 3.63) is 11.7 Å². The first-order valence-corrected chi connectivity index (χ1v) is 6.41. The number of nitrogens with one attached hydrogen (secondary N) is 1. The molecule has 1 aliphatic heterocycles. The predicted molar refractivity (Wildman–Crippen MR) is 64.7 cm³/mol. The number of nitrogens with zero attached hydrogens (tertiary/aromatic N) is 2. The van der Waals surface area contributed by atoms with Gasteiger partial charge in [-0.15, -0.1) is 0 Å². The van der Waals surface area contributed by atoms with E-state index in [1.54, 1.807) is 6.92 Å². The summed E-state index contributed by atoms with van der Waals surface area (Å²) in [6, 6.07) is -0.611. The number of amides is 1. The van der Waals surface area contributed by atoms with E-state index in [1.807, 2.05) is 0 Å². The fourth-order valence-electron chi connectivity index (χ4n) is 2.07. The Labute approximate surface area is 110 Å². The summed E-state index contributed by atoms with van der Waals surface area (Å²) in [7, 11) is 0. The molecule has 7 heteroatoms. The second kappa shape index (κ2) is 6.42.